The van der Waals surface area contributed by atoms with Crippen molar-refractivity contribution >= 4 is 17.5 Å². The second kappa shape index (κ2) is 11.6. The van der Waals surface area contributed by atoms with E-state index >= 15 is 0 Å². The van der Waals surface area contributed by atoms with Crippen molar-refractivity contribution in [1.29, 1.82) is 0 Å². The van der Waals surface area contributed by atoms with Crippen molar-refractivity contribution in [3.05, 3.63) is 83.9 Å². The fraction of sp³-hybridized carbons (Fsp3) is 0.310. The van der Waals surface area contributed by atoms with Gasteiger partial charge in [0.25, 0.3) is 0 Å². The molecule has 2 unspecified atom stereocenters. The Morgan fingerprint density at radius 1 is 0.833 bits per heavy atom. The molecule has 4 rings (SSSR count). The zero-order valence-electron chi connectivity index (χ0n) is 20.9. The van der Waals surface area contributed by atoms with Gasteiger partial charge >= 0.3 is 0 Å². The van der Waals surface area contributed by atoms with E-state index in [9.17, 15) is 9.59 Å². The smallest absolute Gasteiger partial charge is 0.227 e. The Bertz CT molecular complexity index is 1160. The second-order valence-electron chi connectivity index (χ2n) is 8.71. The van der Waals surface area contributed by atoms with Gasteiger partial charge in [-0.05, 0) is 72.5 Å². The molecule has 1 aliphatic rings. The average molecular weight is 489 g/mol. The monoisotopic (exact) mass is 488 g/mol. The van der Waals surface area contributed by atoms with Gasteiger partial charge in [0, 0.05) is 18.7 Å². The van der Waals surface area contributed by atoms with Crippen LogP contribution in [-0.2, 0) is 16.0 Å². The number of amides is 2. The molecule has 0 aromatic heterocycles. The van der Waals surface area contributed by atoms with E-state index in [1.165, 1.54) is 0 Å². The molecular weight excluding hydrogens is 456 g/mol. The fourth-order valence-corrected chi connectivity index (χ4v) is 4.65. The van der Waals surface area contributed by atoms with E-state index < -0.39 is 12.0 Å². The van der Waals surface area contributed by atoms with E-state index in [-0.39, 0.29) is 11.8 Å². The average Bonchev–Trinajstić information content (AvgIpc) is 2.93. The maximum atomic E-state index is 13.5. The zero-order chi connectivity index (χ0) is 25.5. The fourth-order valence-electron chi connectivity index (χ4n) is 4.65. The highest BCUT2D eigenvalue weighted by Gasteiger charge is 2.41. The Balaban J connectivity index is 1.57. The van der Waals surface area contributed by atoms with Crippen molar-refractivity contribution in [2.45, 2.75) is 25.3 Å². The van der Waals surface area contributed by atoms with Gasteiger partial charge in [0.1, 0.15) is 17.2 Å². The van der Waals surface area contributed by atoms with Crippen molar-refractivity contribution in [2.24, 2.45) is 5.92 Å². The van der Waals surface area contributed by atoms with E-state index in [2.05, 4.69) is 5.32 Å². The topological polar surface area (TPSA) is 77.1 Å². The van der Waals surface area contributed by atoms with Crippen LogP contribution >= 0.6 is 0 Å². The lowest BCUT2D eigenvalue weighted by Crippen LogP contribution is -2.48. The van der Waals surface area contributed by atoms with E-state index in [0.717, 1.165) is 28.3 Å². The third-order valence-electron chi connectivity index (χ3n) is 6.61. The molecule has 0 saturated carbocycles. The minimum atomic E-state index is -0.438. The van der Waals surface area contributed by atoms with E-state index in [0.29, 0.717) is 31.6 Å². The molecule has 1 fully saturated rings. The number of methoxy groups -OCH3 is 3. The SMILES string of the molecule is COc1ccc(CCNC(=O)C2CCC(=O)N(c3ccc(OC)cc3)C2c2ccc(OC)cc2)cc1. The summed E-state index contributed by atoms with van der Waals surface area (Å²) in [5.41, 5.74) is 2.73. The summed E-state index contributed by atoms with van der Waals surface area (Å²) in [5, 5.41) is 3.10. The molecule has 1 aliphatic heterocycles. The Kier molecular flexibility index (Phi) is 8.10. The maximum absolute atomic E-state index is 13.5. The molecular formula is C29H32N2O5. The molecule has 2 amide bonds. The van der Waals surface area contributed by atoms with Gasteiger partial charge in [-0.2, -0.15) is 0 Å². The van der Waals surface area contributed by atoms with Crippen molar-refractivity contribution in [3.63, 3.8) is 0 Å². The number of hydrogen-bond acceptors (Lipinski definition) is 5. The molecule has 2 atom stereocenters. The molecule has 1 heterocycles. The number of piperidine rings is 1. The standard InChI is InChI=1S/C29H32N2O5/c1-34-23-10-4-20(5-11-23)18-19-30-29(33)26-16-17-27(32)31(22-8-14-25(36-3)15-9-22)28(26)21-6-12-24(35-2)13-7-21/h4-15,26,28H,16-19H2,1-3H3,(H,30,33). The van der Waals surface area contributed by atoms with Crippen LogP contribution in [-0.4, -0.2) is 39.7 Å². The van der Waals surface area contributed by atoms with Gasteiger partial charge in [-0.25, -0.2) is 0 Å². The number of nitrogens with one attached hydrogen (secondary N) is 1. The minimum Gasteiger partial charge on any atom is -0.497 e. The summed E-state index contributed by atoms with van der Waals surface area (Å²) < 4.78 is 15.8. The second-order valence-corrected chi connectivity index (χ2v) is 8.71. The first-order valence-electron chi connectivity index (χ1n) is 12.0. The van der Waals surface area contributed by atoms with Gasteiger partial charge in [0.15, 0.2) is 0 Å². The quantitative estimate of drug-likeness (QED) is 0.478. The summed E-state index contributed by atoms with van der Waals surface area (Å²) in [4.78, 5) is 28.4. The highest BCUT2D eigenvalue weighted by Crippen LogP contribution is 2.41. The number of carbonyl (C=O) groups is 2. The van der Waals surface area contributed by atoms with Crippen LogP contribution in [0.2, 0.25) is 0 Å². The number of hydrogen-bond donors (Lipinski definition) is 1. The number of carbonyl (C=O) groups excluding carboxylic acids is 2. The number of nitrogens with zero attached hydrogens (tertiary/aromatic N) is 1. The lowest BCUT2D eigenvalue weighted by molar-refractivity contribution is -0.129. The molecule has 36 heavy (non-hydrogen) atoms. The zero-order valence-corrected chi connectivity index (χ0v) is 20.9. The summed E-state index contributed by atoms with van der Waals surface area (Å²) in [6, 6.07) is 22.3. The van der Waals surface area contributed by atoms with Gasteiger partial charge in [-0.1, -0.05) is 24.3 Å². The van der Waals surface area contributed by atoms with Gasteiger partial charge in [-0.15, -0.1) is 0 Å². The van der Waals surface area contributed by atoms with Crippen LogP contribution in [0, 0.1) is 5.92 Å². The number of rotatable bonds is 9. The molecule has 3 aromatic carbocycles. The van der Waals surface area contributed by atoms with Gasteiger partial charge in [-0.3, -0.25) is 9.59 Å². The number of benzene rings is 3. The summed E-state index contributed by atoms with van der Waals surface area (Å²) in [5.74, 6) is 1.76. The van der Waals surface area contributed by atoms with Crippen LogP contribution in [0.4, 0.5) is 5.69 Å². The van der Waals surface area contributed by atoms with Crippen LogP contribution < -0.4 is 24.4 Å². The predicted molar refractivity (Wildman–Crippen MR) is 139 cm³/mol. The summed E-state index contributed by atoms with van der Waals surface area (Å²) >= 11 is 0. The van der Waals surface area contributed by atoms with E-state index in [1.807, 2.05) is 72.8 Å². The first-order valence-corrected chi connectivity index (χ1v) is 12.0. The van der Waals surface area contributed by atoms with Crippen LogP contribution in [0.1, 0.15) is 30.0 Å². The largest absolute Gasteiger partial charge is 0.497 e. The minimum absolute atomic E-state index is 0.0109. The van der Waals surface area contributed by atoms with Crippen LogP contribution in [0.15, 0.2) is 72.8 Å². The van der Waals surface area contributed by atoms with Crippen molar-refractivity contribution in [1.82, 2.24) is 5.32 Å². The molecule has 7 nitrogen and oxygen atoms in total. The van der Waals surface area contributed by atoms with Crippen molar-refractivity contribution < 1.29 is 23.8 Å². The van der Waals surface area contributed by atoms with Crippen LogP contribution in [0.25, 0.3) is 0 Å². The molecule has 0 bridgehead atoms. The highest BCUT2D eigenvalue weighted by molar-refractivity contribution is 5.97. The molecule has 7 heteroatoms. The number of ether oxygens (including phenoxy) is 3. The summed E-state index contributed by atoms with van der Waals surface area (Å²) in [6.07, 6.45) is 1.49. The van der Waals surface area contributed by atoms with Crippen LogP contribution in [0.3, 0.4) is 0 Å². The van der Waals surface area contributed by atoms with Gasteiger partial charge < -0.3 is 24.4 Å². The van der Waals surface area contributed by atoms with Gasteiger partial charge in [0.2, 0.25) is 11.8 Å². The molecule has 0 spiro atoms. The summed E-state index contributed by atoms with van der Waals surface area (Å²) in [7, 11) is 4.86. The molecule has 0 radical (unpaired) electrons. The third-order valence-corrected chi connectivity index (χ3v) is 6.61. The highest BCUT2D eigenvalue weighted by atomic mass is 16.5. The van der Waals surface area contributed by atoms with Crippen LogP contribution in [0.5, 0.6) is 17.2 Å². The van der Waals surface area contributed by atoms with Gasteiger partial charge in [0.05, 0.1) is 33.3 Å². The molecule has 1 saturated heterocycles. The summed E-state index contributed by atoms with van der Waals surface area (Å²) in [6.45, 7) is 0.507. The Hall–Kier alpha value is -4.00. The normalized spacial score (nSPS) is 17.4. The first kappa shape index (κ1) is 25.1. The Labute approximate surface area is 212 Å². The Morgan fingerprint density at radius 2 is 1.36 bits per heavy atom. The predicted octanol–water partition coefficient (Wildman–Crippen LogP) is 4.56. The Morgan fingerprint density at radius 3 is 1.92 bits per heavy atom. The number of anilines is 1. The molecule has 0 aliphatic carbocycles. The maximum Gasteiger partial charge on any atom is 0.227 e. The third kappa shape index (κ3) is 5.62. The van der Waals surface area contributed by atoms with Crippen molar-refractivity contribution in [3.8, 4) is 17.2 Å². The van der Waals surface area contributed by atoms with E-state index in [4.69, 9.17) is 14.2 Å². The lowest BCUT2D eigenvalue weighted by atomic mass is 9.83. The van der Waals surface area contributed by atoms with Crippen molar-refractivity contribution in [2.75, 3.05) is 32.8 Å². The first-order chi connectivity index (χ1) is 17.5. The van der Waals surface area contributed by atoms with E-state index in [1.54, 1.807) is 26.2 Å². The molecule has 1 N–H and O–H groups in total. The lowest BCUT2D eigenvalue weighted by Gasteiger charge is -2.41. The molecule has 3 aromatic rings. The molecule has 188 valence electrons.